The molecule has 2 amide bonds. The van der Waals surface area contributed by atoms with Crippen LogP contribution < -0.4 is 10.2 Å². The predicted octanol–water partition coefficient (Wildman–Crippen LogP) is 3.59. The molecule has 1 saturated heterocycles. The van der Waals surface area contributed by atoms with Crippen LogP contribution in [-0.2, 0) is 6.18 Å². The summed E-state index contributed by atoms with van der Waals surface area (Å²) in [6, 6.07) is 7.68. The summed E-state index contributed by atoms with van der Waals surface area (Å²) in [5.41, 5.74) is -1.90. The Hall–Kier alpha value is -2.84. The van der Waals surface area contributed by atoms with Crippen molar-refractivity contribution < 1.29 is 22.4 Å². The highest BCUT2D eigenvalue weighted by molar-refractivity contribution is 5.89. The van der Waals surface area contributed by atoms with E-state index in [-0.39, 0.29) is 0 Å². The fourth-order valence-electron chi connectivity index (χ4n) is 2.72. The lowest BCUT2D eigenvalue weighted by Gasteiger charge is -2.35. The lowest BCUT2D eigenvalue weighted by molar-refractivity contribution is -0.139. The Morgan fingerprint density at radius 3 is 2.38 bits per heavy atom. The van der Waals surface area contributed by atoms with Gasteiger partial charge in [0.25, 0.3) is 0 Å². The first-order valence-corrected chi connectivity index (χ1v) is 7.94. The second-order valence-corrected chi connectivity index (χ2v) is 5.76. The summed E-state index contributed by atoms with van der Waals surface area (Å²) < 4.78 is 52.3. The van der Waals surface area contributed by atoms with Gasteiger partial charge in [0.2, 0.25) is 0 Å². The lowest BCUT2D eigenvalue weighted by atomic mass is 10.1. The predicted molar refractivity (Wildman–Crippen MR) is 88.4 cm³/mol. The van der Waals surface area contributed by atoms with Crippen molar-refractivity contribution in [2.75, 3.05) is 36.4 Å². The number of alkyl halides is 3. The molecule has 0 atom stereocenters. The third-order valence-electron chi connectivity index (χ3n) is 4.09. The van der Waals surface area contributed by atoms with E-state index >= 15 is 0 Å². The van der Waals surface area contributed by atoms with Crippen LogP contribution in [0.25, 0.3) is 0 Å². The molecule has 0 saturated carbocycles. The maximum Gasteiger partial charge on any atom is 0.419 e. The molecule has 3 rings (SSSR count). The zero-order chi connectivity index (χ0) is 18.7. The molecule has 0 radical (unpaired) electrons. The van der Waals surface area contributed by atoms with Crippen molar-refractivity contribution in [3.63, 3.8) is 0 Å². The second-order valence-electron chi connectivity index (χ2n) is 5.76. The molecule has 2 aromatic rings. The van der Waals surface area contributed by atoms with Crippen LogP contribution in [-0.4, -0.2) is 42.1 Å². The number of carbonyl (C=O) groups excluding carboxylic acids is 1. The topological polar surface area (TPSA) is 48.5 Å². The van der Waals surface area contributed by atoms with Gasteiger partial charge in [-0.1, -0.05) is 12.1 Å². The highest BCUT2D eigenvalue weighted by Crippen LogP contribution is 2.34. The standard InChI is InChI=1S/C17H16F4N4O/c18-15-12(17(19,20)21)4-3-5-13(15)23-16(26)25-10-8-24(9-11-25)14-6-1-2-7-22-14/h1-7H,8-11H2,(H,23,26). The van der Waals surface area contributed by atoms with Crippen LogP contribution in [0.5, 0.6) is 0 Å². The Morgan fingerprint density at radius 2 is 1.77 bits per heavy atom. The van der Waals surface area contributed by atoms with Crippen LogP contribution in [0.2, 0.25) is 0 Å². The third-order valence-corrected chi connectivity index (χ3v) is 4.09. The van der Waals surface area contributed by atoms with E-state index in [0.29, 0.717) is 32.2 Å². The lowest BCUT2D eigenvalue weighted by Crippen LogP contribution is -2.50. The van der Waals surface area contributed by atoms with Crippen molar-refractivity contribution in [1.29, 1.82) is 0 Å². The molecule has 0 aliphatic carbocycles. The molecular weight excluding hydrogens is 352 g/mol. The molecule has 0 unspecified atom stereocenters. The molecule has 0 bridgehead atoms. The molecule has 2 heterocycles. The maximum absolute atomic E-state index is 14.0. The zero-order valence-electron chi connectivity index (χ0n) is 13.6. The molecule has 1 aliphatic heterocycles. The fourth-order valence-corrected chi connectivity index (χ4v) is 2.72. The van der Waals surface area contributed by atoms with E-state index in [1.165, 1.54) is 4.90 Å². The number of hydrogen-bond acceptors (Lipinski definition) is 3. The molecule has 138 valence electrons. The van der Waals surface area contributed by atoms with Gasteiger partial charge in [0, 0.05) is 32.4 Å². The van der Waals surface area contributed by atoms with Crippen molar-refractivity contribution in [1.82, 2.24) is 9.88 Å². The maximum atomic E-state index is 14.0. The molecule has 1 aliphatic rings. The number of piperazine rings is 1. The molecule has 26 heavy (non-hydrogen) atoms. The fraction of sp³-hybridized carbons (Fsp3) is 0.294. The summed E-state index contributed by atoms with van der Waals surface area (Å²) in [6.45, 7) is 1.75. The zero-order valence-corrected chi connectivity index (χ0v) is 13.6. The van der Waals surface area contributed by atoms with E-state index in [9.17, 15) is 22.4 Å². The first-order valence-electron chi connectivity index (χ1n) is 7.94. The third kappa shape index (κ3) is 3.87. The summed E-state index contributed by atoms with van der Waals surface area (Å²) in [4.78, 5) is 19.9. The van der Waals surface area contributed by atoms with Crippen LogP contribution >= 0.6 is 0 Å². The van der Waals surface area contributed by atoms with Crippen LogP contribution in [0.1, 0.15) is 5.56 Å². The number of nitrogens with one attached hydrogen (secondary N) is 1. The highest BCUT2D eigenvalue weighted by atomic mass is 19.4. The molecule has 0 spiro atoms. The first-order chi connectivity index (χ1) is 12.4. The van der Waals surface area contributed by atoms with Gasteiger partial charge in [0.05, 0.1) is 11.3 Å². The van der Waals surface area contributed by atoms with E-state index in [1.807, 2.05) is 17.0 Å². The summed E-state index contributed by atoms with van der Waals surface area (Å²) in [7, 11) is 0. The van der Waals surface area contributed by atoms with Gasteiger partial charge < -0.3 is 15.1 Å². The number of anilines is 2. The molecule has 1 N–H and O–H groups in total. The van der Waals surface area contributed by atoms with Crippen molar-refractivity contribution in [3.05, 3.63) is 54.0 Å². The van der Waals surface area contributed by atoms with E-state index < -0.39 is 29.3 Å². The van der Waals surface area contributed by atoms with Gasteiger partial charge >= 0.3 is 12.2 Å². The number of amides is 2. The molecule has 5 nitrogen and oxygen atoms in total. The number of urea groups is 1. The average molecular weight is 368 g/mol. The van der Waals surface area contributed by atoms with Gasteiger partial charge in [-0.25, -0.2) is 14.2 Å². The minimum atomic E-state index is -4.82. The number of benzene rings is 1. The Kier molecular flexibility index (Phi) is 4.97. The van der Waals surface area contributed by atoms with Gasteiger partial charge in [0.15, 0.2) is 5.82 Å². The Balaban J connectivity index is 1.63. The second kappa shape index (κ2) is 7.19. The number of carbonyl (C=O) groups is 1. The van der Waals surface area contributed by atoms with E-state index in [4.69, 9.17) is 0 Å². The number of rotatable bonds is 2. The van der Waals surface area contributed by atoms with Gasteiger partial charge in [-0.05, 0) is 24.3 Å². The van der Waals surface area contributed by atoms with E-state index in [2.05, 4.69) is 10.3 Å². The van der Waals surface area contributed by atoms with E-state index in [1.54, 1.807) is 12.3 Å². The Bertz CT molecular complexity index is 774. The van der Waals surface area contributed by atoms with Gasteiger partial charge in [0.1, 0.15) is 5.82 Å². The average Bonchev–Trinajstić information content (AvgIpc) is 2.63. The van der Waals surface area contributed by atoms with E-state index in [0.717, 1.165) is 18.0 Å². The minimum Gasteiger partial charge on any atom is -0.353 e. The molecule has 1 fully saturated rings. The van der Waals surface area contributed by atoms with Crippen molar-refractivity contribution >= 4 is 17.5 Å². The molecule has 1 aromatic heterocycles. The number of halogens is 4. The minimum absolute atomic E-state index is 0.350. The quantitative estimate of drug-likeness (QED) is 0.824. The van der Waals surface area contributed by atoms with Crippen molar-refractivity contribution in [2.24, 2.45) is 0 Å². The number of aromatic nitrogens is 1. The van der Waals surface area contributed by atoms with Crippen LogP contribution in [0.3, 0.4) is 0 Å². The summed E-state index contributed by atoms with van der Waals surface area (Å²) in [5, 5.41) is 2.22. The monoisotopic (exact) mass is 368 g/mol. The van der Waals surface area contributed by atoms with Crippen LogP contribution in [0.15, 0.2) is 42.6 Å². The molecular formula is C17H16F4N4O. The summed E-state index contributed by atoms with van der Waals surface area (Å²) in [5.74, 6) is -0.697. The highest BCUT2D eigenvalue weighted by Gasteiger charge is 2.35. The van der Waals surface area contributed by atoms with Gasteiger partial charge in [-0.2, -0.15) is 13.2 Å². The van der Waals surface area contributed by atoms with Crippen LogP contribution in [0, 0.1) is 5.82 Å². The summed E-state index contributed by atoms with van der Waals surface area (Å²) >= 11 is 0. The largest absolute Gasteiger partial charge is 0.419 e. The van der Waals surface area contributed by atoms with Gasteiger partial charge in [-0.15, -0.1) is 0 Å². The SMILES string of the molecule is O=C(Nc1cccc(C(F)(F)F)c1F)N1CCN(c2ccccn2)CC1. The molecule has 1 aromatic carbocycles. The first kappa shape index (κ1) is 18.0. The van der Waals surface area contributed by atoms with Crippen molar-refractivity contribution in [2.45, 2.75) is 6.18 Å². The number of pyridine rings is 1. The van der Waals surface area contributed by atoms with Gasteiger partial charge in [-0.3, -0.25) is 0 Å². The Morgan fingerprint density at radius 1 is 1.04 bits per heavy atom. The smallest absolute Gasteiger partial charge is 0.353 e. The van der Waals surface area contributed by atoms with Crippen LogP contribution in [0.4, 0.5) is 33.9 Å². The summed E-state index contributed by atoms with van der Waals surface area (Å²) in [6.07, 6.45) is -3.15. The molecule has 9 heteroatoms. The normalized spacial score (nSPS) is 15.1. The number of nitrogens with zero attached hydrogens (tertiary/aromatic N) is 3. The Labute approximate surface area is 147 Å². The number of hydrogen-bond donors (Lipinski definition) is 1. The van der Waals surface area contributed by atoms with Crippen molar-refractivity contribution in [3.8, 4) is 0 Å².